The Hall–Kier alpha value is 0.0500. The molecule has 1 aromatic heterocycles. The van der Waals surface area contributed by atoms with E-state index in [-0.39, 0.29) is 0 Å². The van der Waals surface area contributed by atoms with Gasteiger partial charge in [0.1, 0.15) is 0 Å². The van der Waals surface area contributed by atoms with Crippen molar-refractivity contribution in [2.75, 3.05) is 0 Å². The van der Waals surface area contributed by atoms with Crippen molar-refractivity contribution in [2.45, 2.75) is 22.8 Å². The Balaban J connectivity index is 2.39. The molecule has 0 nitrogen and oxygen atoms in total. The first-order chi connectivity index (χ1) is 4.36. The Kier molecular flexibility index (Phi) is 1.31. The second-order valence-corrected chi connectivity index (χ2v) is 4.99. The van der Waals surface area contributed by atoms with Gasteiger partial charge in [0, 0.05) is 5.25 Å². The maximum absolute atomic E-state index is 2.29. The molecule has 0 aromatic carbocycles. The van der Waals surface area contributed by atoms with E-state index in [4.69, 9.17) is 0 Å². The molecule has 0 bridgehead atoms. The van der Waals surface area contributed by atoms with Gasteiger partial charge in [0.15, 0.2) is 0 Å². The van der Waals surface area contributed by atoms with Crippen LogP contribution in [0.1, 0.15) is 12.5 Å². The van der Waals surface area contributed by atoms with Crippen LogP contribution in [0.3, 0.4) is 0 Å². The van der Waals surface area contributed by atoms with Gasteiger partial charge < -0.3 is 0 Å². The van der Waals surface area contributed by atoms with Crippen molar-refractivity contribution in [1.29, 1.82) is 0 Å². The van der Waals surface area contributed by atoms with Crippen molar-refractivity contribution in [3.8, 4) is 0 Å². The van der Waals surface area contributed by atoms with E-state index in [1.54, 1.807) is 9.77 Å². The van der Waals surface area contributed by atoms with Crippen molar-refractivity contribution in [2.24, 2.45) is 0 Å². The highest BCUT2D eigenvalue weighted by molar-refractivity contribution is 8.02. The van der Waals surface area contributed by atoms with Gasteiger partial charge in [-0.2, -0.15) is 0 Å². The van der Waals surface area contributed by atoms with E-state index in [1.165, 1.54) is 6.42 Å². The van der Waals surface area contributed by atoms with Gasteiger partial charge in [0.25, 0.3) is 0 Å². The summed E-state index contributed by atoms with van der Waals surface area (Å²) >= 11 is 3.89. The minimum Gasteiger partial charge on any atom is -0.137 e. The molecule has 1 aromatic rings. The van der Waals surface area contributed by atoms with Gasteiger partial charge in [-0.05, 0) is 23.4 Å². The molecule has 0 amide bonds. The Morgan fingerprint density at radius 3 is 3.33 bits per heavy atom. The fourth-order valence-electron chi connectivity index (χ4n) is 1.11. The Labute approximate surface area is 63.3 Å². The summed E-state index contributed by atoms with van der Waals surface area (Å²) in [6.45, 7) is 2.29. The molecule has 0 spiro atoms. The van der Waals surface area contributed by atoms with Crippen molar-refractivity contribution in [3.63, 3.8) is 0 Å². The summed E-state index contributed by atoms with van der Waals surface area (Å²) in [6.07, 6.45) is 1.28. The molecule has 1 unspecified atom stereocenters. The summed E-state index contributed by atoms with van der Waals surface area (Å²) in [7, 11) is 0. The topological polar surface area (TPSA) is 0 Å². The van der Waals surface area contributed by atoms with Crippen molar-refractivity contribution >= 4 is 23.1 Å². The zero-order valence-corrected chi connectivity index (χ0v) is 6.89. The third kappa shape index (κ3) is 0.904. The lowest BCUT2D eigenvalue weighted by atomic mass is 10.2. The van der Waals surface area contributed by atoms with Gasteiger partial charge in [0.05, 0.1) is 4.21 Å². The zero-order valence-electron chi connectivity index (χ0n) is 5.26. The van der Waals surface area contributed by atoms with Crippen molar-refractivity contribution in [3.05, 3.63) is 17.0 Å². The summed E-state index contributed by atoms with van der Waals surface area (Å²) < 4.78 is 1.54. The SMILES string of the molecule is CC1Cc2ccsc2S1. The second kappa shape index (κ2) is 2.03. The maximum Gasteiger partial charge on any atom is 0.0633 e. The van der Waals surface area contributed by atoms with E-state index in [0.29, 0.717) is 0 Å². The summed E-state index contributed by atoms with van der Waals surface area (Å²) in [5.74, 6) is 0. The highest BCUT2D eigenvalue weighted by Crippen LogP contribution is 2.40. The third-order valence-electron chi connectivity index (χ3n) is 1.52. The number of rotatable bonds is 0. The summed E-state index contributed by atoms with van der Waals surface area (Å²) in [5.41, 5.74) is 1.57. The predicted octanol–water partition coefficient (Wildman–Crippen LogP) is 2.78. The summed E-state index contributed by atoms with van der Waals surface area (Å²) in [6, 6.07) is 2.25. The first-order valence-electron chi connectivity index (χ1n) is 3.09. The fraction of sp³-hybridized carbons (Fsp3) is 0.429. The lowest BCUT2D eigenvalue weighted by molar-refractivity contribution is 0.966. The van der Waals surface area contributed by atoms with Gasteiger partial charge in [-0.15, -0.1) is 23.1 Å². The lowest BCUT2D eigenvalue weighted by Crippen LogP contribution is -1.90. The van der Waals surface area contributed by atoms with Crippen LogP contribution in [-0.4, -0.2) is 5.25 Å². The van der Waals surface area contributed by atoms with Gasteiger partial charge in [-0.1, -0.05) is 6.92 Å². The van der Waals surface area contributed by atoms with Gasteiger partial charge in [-0.25, -0.2) is 0 Å². The van der Waals surface area contributed by atoms with Crippen LogP contribution in [0.5, 0.6) is 0 Å². The number of hydrogen-bond acceptors (Lipinski definition) is 2. The van der Waals surface area contributed by atoms with Crippen LogP contribution in [0.2, 0.25) is 0 Å². The van der Waals surface area contributed by atoms with Gasteiger partial charge in [0.2, 0.25) is 0 Å². The number of thiophene rings is 1. The van der Waals surface area contributed by atoms with E-state index in [9.17, 15) is 0 Å². The van der Waals surface area contributed by atoms with Crippen LogP contribution in [0.4, 0.5) is 0 Å². The quantitative estimate of drug-likeness (QED) is 0.556. The molecule has 0 saturated carbocycles. The van der Waals surface area contributed by atoms with Crippen LogP contribution in [-0.2, 0) is 6.42 Å². The predicted molar refractivity (Wildman–Crippen MR) is 43.3 cm³/mol. The number of fused-ring (bicyclic) bond motifs is 1. The molecule has 0 aliphatic carbocycles. The molecule has 0 saturated heterocycles. The average Bonchev–Trinajstić information content (AvgIpc) is 2.22. The second-order valence-electron chi connectivity index (χ2n) is 2.37. The smallest absolute Gasteiger partial charge is 0.0633 e. The monoisotopic (exact) mass is 156 g/mol. The molecule has 1 aliphatic rings. The van der Waals surface area contributed by atoms with E-state index < -0.39 is 0 Å². The molecule has 0 fully saturated rings. The Bertz CT molecular complexity index is 194. The molecule has 2 heteroatoms. The van der Waals surface area contributed by atoms with Crippen LogP contribution in [0.15, 0.2) is 15.7 Å². The Morgan fingerprint density at radius 2 is 2.56 bits per heavy atom. The minimum atomic E-state index is 0.826. The largest absolute Gasteiger partial charge is 0.137 e. The van der Waals surface area contributed by atoms with Crippen LogP contribution in [0.25, 0.3) is 0 Å². The lowest BCUT2D eigenvalue weighted by Gasteiger charge is -1.93. The van der Waals surface area contributed by atoms with Crippen molar-refractivity contribution in [1.82, 2.24) is 0 Å². The molecule has 48 valence electrons. The number of thioether (sulfide) groups is 1. The molecule has 1 aliphatic heterocycles. The van der Waals surface area contributed by atoms with Crippen LogP contribution >= 0.6 is 23.1 Å². The van der Waals surface area contributed by atoms with E-state index in [0.717, 1.165) is 5.25 Å². The minimum absolute atomic E-state index is 0.826. The molecular weight excluding hydrogens is 148 g/mol. The zero-order chi connectivity index (χ0) is 6.27. The summed E-state index contributed by atoms with van der Waals surface area (Å²) in [5, 5.41) is 3.01. The van der Waals surface area contributed by atoms with Gasteiger partial charge >= 0.3 is 0 Å². The van der Waals surface area contributed by atoms with Crippen molar-refractivity contribution < 1.29 is 0 Å². The number of hydrogen-bond donors (Lipinski definition) is 0. The molecule has 1 atom stereocenters. The normalized spacial score (nSPS) is 24.3. The highest BCUT2D eigenvalue weighted by atomic mass is 32.2. The molecular formula is C7H8S2. The molecule has 2 heterocycles. The Morgan fingerprint density at radius 1 is 1.67 bits per heavy atom. The van der Waals surface area contributed by atoms with E-state index in [2.05, 4.69) is 18.4 Å². The first-order valence-corrected chi connectivity index (χ1v) is 4.85. The molecule has 0 radical (unpaired) electrons. The van der Waals surface area contributed by atoms with Crippen LogP contribution < -0.4 is 0 Å². The first kappa shape index (κ1) is 5.81. The van der Waals surface area contributed by atoms with Gasteiger partial charge in [-0.3, -0.25) is 0 Å². The van der Waals surface area contributed by atoms with E-state index in [1.807, 2.05) is 23.1 Å². The maximum atomic E-state index is 2.29. The standard InChI is InChI=1S/C7H8S2/c1-5-4-6-2-3-8-7(6)9-5/h2-3,5H,4H2,1H3. The fourth-order valence-corrected chi connectivity index (χ4v) is 3.58. The van der Waals surface area contributed by atoms with Crippen LogP contribution in [0, 0.1) is 0 Å². The van der Waals surface area contributed by atoms with E-state index >= 15 is 0 Å². The molecule has 9 heavy (non-hydrogen) atoms. The summed E-state index contributed by atoms with van der Waals surface area (Å²) in [4.78, 5) is 0. The molecule has 0 N–H and O–H groups in total. The molecule has 2 rings (SSSR count). The average molecular weight is 156 g/mol. The third-order valence-corrected chi connectivity index (χ3v) is 3.89. The highest BCUT2D eigenvalue weighted by Gasteiger charge is 2.18.